The second-order valence-corrected chi connectivity index (χ2v) is 6.93. The van der Waals surface area contributed by atoms with E-state index in [0.717, 1.165) is 5.56 Å². The third-order valence-electron chi connectivity index (χ3n) is 4.03. The first kappa shape index (κ1) is 17.3. The molecule has 0 bridgehead atoms. The number of hydrogen-bond acceptors (Lipinski definition) is 3. The molecule has 1 saturated heterocycles. The average Bonchev–Trinajstić information content (AvgIpc) is 2.85. The molecule has 0 aromatic heterocycles. The highest BCUT2D eigenvalue weighted by atomic mass is 35.5. The predicted octanol–water partition coefficient (Wildman–Crippen LogP) is 3.28. The largest absolute Gasteiger partial charge is 0.356 e. The molecule has 1 aromatic rings. The summed E-state index contributed by atoms with van der Waals surface area (Å²) in [6.45, 7) is 7.80. The van der Waals surface area contributed by atoms with Gasteiger partial charge in [0.25, 0.3) is 0 Å². The van der Waals surface area contributed by atoms with Crippen LogP contribution in [0, 0.1) is 0 Å². The summed E-state index contributed by atoms with van der Waals surface area (Å²) in [7, 11) is 0. The van der Waals surface area contributed by atoms with E-state index < -0.39 is 5.79 Å². The quantitative estimate of drug-likeness (QED) is 0.873. The smallest absolute Gasteiger partial charge is 0.220 e. The molecule has 0 aliphatic carbocycles. The fourth-order valence-electron chi connectivity index (χ4n) is 2.60. The number of ether oxygens (including phenoxy) is 2. The molecular formula is C17H24ClNO3. The number of nitrogens with one attached hydrogen (secondary N) is 1. The second-order valence-electron chi connectivity index (χ2n) is 6.50. The van der Waals surface area contributed by atoms with Crippen molar-refractivity contribution >= 4 is 17.5 Å². The molecule has 0 spiro atoms. The summed E-state index contributed by atoms with van der Waals surface area (Å²) in [6.07, 6.45) is 1.08. The van der Waals surface area contributed by atoms with E-state index in [1.54, 1.807) is 0 Å². The third-order valence-corrected chi connectivity index (χ3v) is 4.28. The normalized spacial score (nSPS) is 17.5. The highest BCUT2D eigenvalue weighted by Gasteiger charge is 2.31. The maximum absolute atomic E-state index is 12.2. The summed E-state index contributed by atoms with van der Waals surface area (Å²) in [5.74, 6) is -0.527. The van der Waals surface area contributed by atoms with Crippen molar-refractivity contribution in [3.63, 3.8) is 0 Å². The Kier molecular flexibility index (Phi) is 5.48. The highest BCUT2D eigenvalue weighted by Crippen LogP contribution is 2.28. The van der Waals surface area contributed by atoms with Crippen LogP contribution in [0.2, 0.25) is 5.02 Å². The van der Waals surface area contributed by atoms with Crippen molar-refractivity contribution in [3.05, 3.63) is 34.9 Å². The van der Waals surface area contributed by atoms with Crippen molar-refractivity contribution < 1.29 is 14.3 Å². The number of hydrogen-bond donors (Lipinski definition) is 1. The molecule has 5 heteroatoms. The van der Waals surface area contributed by atoms with Gasteiger partial charge in [-0.05, 0) is 30.0 Å². The molecule has 2 rings (SSSR count). The average molecular weight is 326 g/mol. The van der Waals surface area contributed by atoms with Crippen LogP contribution in [-0.2, 0) is 19.7 Å². The van der Waals surface area contributed by atoms with Gasteiger partial charge in [0.2, 0.25) is 5.91 Å². The Morgan fingerprint density at radius 1 is 1.27 bits per heavy atom. The van der Waals surface area contributed by atoms with Crippen molar-refractivity contribution in [2.75, 3.05) is 19.8 Å². The Hall–Kier alpha value is -1.10. The Labute approximate surface area is 137 Å². The predicted molar refractivity (Wildman–Crippen MR) is 87.0 cm³/mol. The number of carbonyl (C=O) groups excluding carboxylic acids is 1. The number of carbonyl (C=O) groups is 1. The van der Waals surface area contributed by atoms with Crippen LogP contribution in [0.4, 0.5) is 0 Å². The molecule has 0 atom stereocenters. The van der Waals surface area contributed by atoms with Gasteiger partial charge in [-0.25, -0.2) is 0 Å². The zero-order valence-electron chi connectivity index (χ0n) is 13.4. The molecule has 122 valence electrons. The summed E-state index contributed by atoms with van der Waals surface area (Å²) in [6, 6.07) is 7.64. The van der Waals surface area contributed by atoms with Crippen molar-refractivity contribution in [3.8, 4) is 0 Å². The molecule has 1 aromatic carbocycles. The van der Waals surface area contributed by atoms with Gasteiger partial charge >= 0.3 is 0 Å². The molecular weight excluding hydrogens is 302 g/mol. The summed E-state index contributed by atoms with van der Waals surface area (Å²) < 4.78 is 11.0. The minimum atomic E-state index is -0.557. The fourth-order valence-corrected chi connectivity index (χ4v) is 2.72. The zero-order valence-corrected chi connectivity index (χ0v) is 14.2. The standard InChI is InChI=1S/C17H24ClNO3/c1-16(2,13-4-6-14(18)7-5-13)12-15(20)19-9-8-17(3)21-10-11-22-17/h4-7H,8-12H2,1-3H3,(H,19,20). The lowest BCUT2D eigenvalue weighted by Gasteiger charge is -2.26. The number of rotatable bonds is 6. The van der Waals surface area contributed by atoms with Crippen molar-refractivity contribution in [1.29, 1.82) is 0 Å². The lowest BCUT2D eigenvalue weighted by molar-refractivity contribution is -0.146. The van der Waals surface area contributed by atoms with Crippen LogP contribution < -0.4 is 5.32 Å². The highest BCUT2D eigenvalue weighted by molar-refractivity contribution is 6.30. The van der Waals surface area contributed by atoms with Gasteiger partial charge in [-0.3, -0.25) is 4.79 Å². The molecule has 1 aliphatic rings. The van der Waals surface area contributed by atoms with Crippen LogP contribution >= 0.6 is 11.6 Å². The van der Waals surface area contributed by atoms with Crippen molar-refractivity contribution in [2.45, 2.75) is 44.8 Å². The minimum Gasteiger partial charge on any atom is -0.356 e. The van der Waals surface area contributed by atoms with Gasteiger partial charge in [-0.2, -0.15) is 0 Å². The Balaban J connectivity index is 1.81. The summed E-state index contributed by atoms with van der Waals surface area (Å²) >= 11 is 5.91. The summed E-state index contributed by atoms with van der Waals surface area (Å²) in [4.78, 5) is 12.2. The van der Waals surface area contributed by atoms with Gasteiger partial charge < -0.3 is 14.8 Å². The Morgan fingerprint density at radius 3 is 2.45 bits per heavy atom. The van der Waals surface area contributed by atoms with Crippen molar-refractivity contribution in [2.24, 2.45) is 0 Å². The fraction of sp³-hybridized carbons (Fsp3) is 0.588. The SMILES string of the molecule is CC1(CCNC(=O)CC(C)(C)c2ccc(Cl)cc2)OCCO1. The van der Waals surface area contributed by atoms with Gasteiger partial charge in [0.1, 0.15) is 0 Å². The molecule has 1 N–H and O–H groups in total. The van der Waals surface area contributed by atoms with Crippen LogP contribution in [0.5, 0.6) is 0 Å². The van der Waals surface area contributed by atoms with Crippen LogP contribution in [0.1, 0.15) is 39.2 Å². The molecule has 1 amide bonds. The number of halogens is 1. The van der Waals surface area contributed by atoms with E-state index in [4.69, 9.17) is 21.1 Å². The molecule has 0 unspecified atom stereocenters. The summed E-state index contributed by atoms with van der Waals surface area (Å²) in [5, 5.41) is 3.65. The first-order valence-corrected chi connectivity index (χ1v) is 7.99. The van der Waals surface area contributed by atoms with E-state index >= 15 is 0 Å². The maximum atomic E-state index is 12.2. The van der Waals surface area contributed by atoms with E-state index in [2.05, 4.69) is 19.2 Å². The molecule has 1 fully saturated rings. The lowest BCUT2D eigenvalue weighted by atomic mass is 9.81. The Bertz CT molecular complexity index is 507. The number of benzene rings is 1. The Morgan fingerprint density at radius 2 is 1.86 bits per heavy atom. The zero-order chi connectivity index (χ0) is 16.2. The van der Waals surface area contributed by atoms with Gasteiger partial charge in [0, 0.05) is 24.4 Å². The van der Waals surface area contributed by atoms with E-state index in [1.165, 1.54) is 0 Å². The van der Waals surface area contributed by atoms with E-state index in [-0.39, 0.29) is 11.3 Å². The van der Waals surface area contributed by atoms with Crippen LogP contribution in [0.25, 0.3) is 0 Å². The van der Waals surface area contributed by atoms with Crippen molar-refractivity contribution in [1.82, 2.24) is 5.32 Å². The van der Waals surface area contributed by atoms with Gasteiger partial charge in [-0.15, -0.1) is 0 Å². The molecule has 1 aliphatic heterocycles. The van der Waals surface area contributed by atoms with Gasteiger partial charge in [0.05, 0.1) is 13.2 Å². The first-order valence-electron chi connectivity index (χ1n) is 7.61. The second kappa shape index (κ2) is 6.99. The lowest BCUT2D eigenvalue weighted by Crippen LogP contribution is -2.36. The molecule has 4 nitrogen and oxygen atoms in total. The maximum Gasteiger partial charge on any atom is 0.220 e. The monoisotopic (exact) mass is 325 g/mol. The van der Waals surface area contributed by atoms with Gasteiger partial charge in [0.15, 0.2) is 5.79 Å². The third kappa shape index (κ3) is 4.70. The number of amides is 1. The van der Waals surface area contributed by atoms with Gasteiger partial charge in [-0.1, -0.05) is 37.6 Å². The van der Waals surface area contributed by atoms with Crippen LogP contribution in [0.15, 0.2) is 24.3 Å². The van der Waals surface area contributed by atoms with E-state index in [1.807, 2.05) is 31.2 Å². The molecule has 22 heavy (non-hydrogen) atoms. The molecule has 0 saturated carbocycles. The topological polar surface area (TPSA) is 47.6 Å². The molecule has 0 radical (unpaired) electrons. The van der Waals surface area contributed by atoms with E-state index in [0.29, 0.717) is 37.6 Å². The van der Waals surface area contributed by atoms with Crippen LogP contribution in [-0.4, -0.2) is 31.5 Å². The molecule has 1 heterocycles. The van der Waals surface area contributed by atoms with E-state index in [9.17, 15) is 4.79 Å². The summed E-state index contributed by atoms with van der Waals surface area (Å²) in [5.41, 5.74) is 0.861. The minimum absolute atomic E-state index is 0.0292. The first-order chi connectivity index (χ1) is 10.3. The van der Waals surface area contributed by atoms with Crippen LogP contribution in [0.3, 0.4) is 0 Å².